The van der Waals surface area contributed by atoms with Crippen molar-refractivity contribution in [3.8, 4) is 0 Å². The van der Waals surface area contributed by atoms with Gasteiger partial charge in [0.15, 0.2) is 0 Å². The minimum Gasteiger partial charge on any atom is -0.321 e. The van der Waals surface area contributed by atoms with Crippen LogP contribution in [0.4, 0.5) is 5.69 Å². The SMILES string of the molecule is O=C(N/N=C\c1ccc(Cl)cc1Cl)c1ccc(NC(=O)c2sc3cc(Cl)ccc3c2Cl)cc1. The average Bonchev–Trinajstić information content (AvgIpc) is 3.11. The second-order valence-electron chi connectivity index (χ2n) is 6.78. The minimum absolute atomic E-state index is 0.348. The summed E-state index contributed by atoms with van der Waals surface area (Å²) in [5.74, 6) is -0.766. The number of thiophene rings is 1. The Morgan fingerprint density at radius 1 is 0.848 bits per heavy atom. The summed E-state index contributed by atoms with van der Waals surface area (Å²) in [4.78, 5) is 25.4. The number of carbonyl (C=O) groups excluding carboxylic acids is 2. The number of halogens is 4. The molecule has 10 heteroatoms. The van der Waals surface area contributed by atoms with Crippen molar-refractivity contribution in [3.05, 3.63) is 96.8 Å². The monoisotopic (exact) mass is 535 g/mol. The van der Waals surface area contributed by atoms with Crippen LogP contribution in [0.5, 0.6) is 0 Å². The first kappa shape index (κ1) is 23.5. The number of hydrogen-bond acceptors (Lipinski definition) is 4. The summed E-state index contributed by atoms with van der Waals surface area (Å²) < 4.78 is 0.824. The number of fused-ring (bicyclic) bond motifs is 1. The van der Waals surface area contributed by atoms with Crippen molar-refractivity contribution in [1.82, 2.24) is 5.43 Å². The highest BCUT2D eigenvalue weighted by atomic mass is 35.5. The molecule has 0 aliphatic rings. The van der Waals surface area contributed by atoms with Gasteiger partial charge in [-0.2, -0.15) is 5.10 Å². The van der Waals surface area contributed by atoms with Gasteiger partial charge in [-0.25, -0.2) is 5.43 Å². The van der Waals surface area contributed by atoms with E-state index in [0.29, 0.717) is 41.8 Å². The number of nitrogens with zero attached hydrogens (tertiary/aromatic N) is 1. The van der Waals surface area contributed by atoms with E-state index >= 15 is 0 Å². The van der Waals surface area contributed by atoms with E-state index in [1.807, 2.05) is 0 Å². The molecular formula is C23H13Cl4N3O2S. The first-order chi connectivity index (χ1) is 15.8. The number of anilines is 1. The molecule has 166 valence electrons. The summed E-state index contributed by atoms with van der Waals surface area (Å²) in [7, 11) is 0. The third kappa shape index (κ3) is 5.49. The minimum atomic E-state index is -0.418. The molecule has 0 bridgehead atoms. The van der Waals surface area contributed by atoms with E-state index in [0.717, 1.165) is 10.1 Å². The number of hydrazone groups is 1. The van der Waals surface area contributed by atoms with Crippen LogP contribution in [-0.4, -0.2) is 18.0 Å². The third-order valence-corrected chi connectivity index (χ3v) is 6.99. The lowest BCUT2D eigenvalue weighted by atomic mass is 10.2. The number of amides is 2. The molecule has 0 saturated carbocycles. The van der Waals surface area contributed by atoms with Gasteiger partial charge in [0.05, 0.1) is 16.3 Å². The van der Waals surface area contributed by atoms with Crippen molar-refractivity contribution in [1.29, 1.82) is 0 Å². The van der Waals surface area contributed by atoms with Crippen LogP contribution in [0.25, 0.3) is 10.1 Å². The van der Waals surface area contributed by atoms with Crippen LogP contribution >= 0.6 is 57.7 Å². The van der Waals surface area contributed by atoms with Gasteiger partial charge in [-0.05, 0) is 48.5 Å². The molecule has 0 atom stereocenters. The second-order valence-corrected chi connectivity index (χ2v) is 9.49. The molecule has 0 spiro atoms. The maximum Gasteiger partial charge on any atom is 0.271 e. The molecule has 0 aliphatic heterocycles. The fourth-order valence-electron chi connectivity index (χ4n) is 2.91. The third-order valence-electron chi connectivity index (χ3n) is 4.53. The van der Waals surface area contributed by atoms with Crippen LogP contribution in [0.2, 0.25) is 20.1 Å². The molecule has 4 aromatic rings. The fourth-order valence-corrected chi connectivity index (χ4v) is 5.05. The van der Waals surface area contributed by atoms with Crippen LogP contribution in [0.15, 0.2) is 65.8 Å². The Balaban J connectivity index is 1.40. The summed E-state index contributed by atoms with van der Waals surface area (Å²) in [6.45, 7) is 0. The van der Waals surface area contributed by atoms with E-state index in [2.05, 4.69) is 15.8 Å². The molecular weight excluding hydrogens is 524 g/mol. The maximum absolute atomic E-state index is 12.7. The first-order valence-corrected chi connectivity index (χ1v) is 11.7. The molecule has 0 unspecified atom stereocenters. The van der Waals surface area contributed by atoms with Crippen molar-refractivity contribution >= 4 is 91.5 Å². The van der Waals surface area contributed by atoms with Crippen molar-refractivity contribution < 1.29 is 9.59 Å². The highest BCUT2D eigenvalue weighted by Crippen LogP contribution is 2.37. The predicted molar refractivity (Wildman–Crippen MR) is 138 cm³/mol. The van der Waals surface area contributed by atoms with E-state index in [1.165, 1.54) is 17.6 Å². The molecule has 1 heterocycles. The van der Waals surface area contributed by atoms with Crippen LogP contribution in [0.3, 0.4) is 0 Å². The van der Waals surface area contributed by atoms with Gasteiger partial charge >= 0.3 is 0 Å². The van der Waals surface area contributed by atoms with Gasteiger partial charge in [0.2, 0.25) is 0 Å². The van der Waals surface area contributed by atoms with Gasteiger partial charge < -0.3 is 5.32 Å². The summed E-state index contributed by atoms with van der Waals surface area (Å²) in [6.07, 6.45) is 1.42. The number of rotatable bonds is 5. The van der Waals surface area contributed by atoms with Crippen molar-refractivity contribution in [2.24, 2.45) is 5.10 Å². The quantitative estimate of drug-likeness (QED) is 0.204. The molecule has 2 amide bonds. The standard InChI is InChI=1S/C23H13Cl4N3O2S/c24-14-4-1-13(18(26)9-14)11-28-30-22(31)12-2-6-16(7-3-12)29-23(32)21-20(27)17-8-5-15(25)10-19(17)33-21/h1-11H,(H,29,32)(H,30,31)/b28-11-. The molecule has 0 radical (unpaired) electrons. The smallest absolute Gasteiger partial charge is 0.271 e. The fraction of sp³-hybridized carbons (Fsp3) is 0. The van der Waals surface area contributed by atoms with Crippen molar-refractivity contribution in [2.45, 2.75) is 0 Å². The van der Waals surface area contributed by atoms with Gasteiger partial charge in [0.1, 0.15) is 4.88 Å². The number of hydrogen-bond donors (Lipinski definition) is 2. The van der Waals surface area contributed by atoms with Crippen LogP contribution in [-0.2, 0) is 0 Å². The van der Waals surface area contributed by atoms with Crippen LogP contribution < -0.4 is 10.7 Å². The Kier molecular flexibility index (Phi) is 7.22. The molecule has 5 nitrogen and oxygen atoms in total. The van der Waals surface area contributed by atoms with E-state index < -0.39 is 5.91 Å². The topological polar surface area (TPSA) is 70.6 Å². The highest BCUT2D eigenvalue weighted by Gasteiger charge is 2.17. The predicted octanol–water partition coefficient (Wildman–Crippen LogP) is 7.53. The highest BCUT2D eigenvalue weighted by molar-refractivity contribution is 7.21. The summed E-state index contributed by atoms with van der Waals surface area (Å²) in [6, 6.07) is 16.6. The van der Waals surface area contributed by atoms with Gasteiger partial charge in [0, 0.05) is 36.9 Å². The molecule has 2 N–H and O–H groups in total. The average molecular weight is 537 g/mol. The Morgan fingerprint density at radius 2 is 1.55 bits per heavy atom. The van der Waals surface area contributed by atoms with Gasteiger partial charge in [-0.3, -0.25) is 9.59 Å². The molecule has 0 saturated heterocycles. The summed E-state index contributed by atoms with van der Waals surface area (Å²) in [5, 5.41) is 9.33. The Morgan fingerprint density at radius 3 is 2.27 bits per heavy atom. The Labute approximate surface area is 212 Å². The zero-order valence-corrected chi connectivity index (χ0v) is 20.4. The number of nitrogens with one attached hydrogen (secondary N) is 2. The van der Waals surface area contributed by atoms with Crippen molar-refractivity contribution in [3.63, 3.8) is 0 Å². The molecule has 1 aromatic heterocycles. The molecule has 33 heavy (non-hydrogen) atoms. The first-order valence-electron chi connectivity index (χ1n) is 9.39. The van der Waals surface area contributed by atoms with E-state index in [-0.39, 0.29) is 5.91 Å². The van der Waals surface area contributed by atoms with Crippen molar-refractivity contribution in [2.75, 3.05) is 5.32 Å². The van der Waals surface area contributed by atoms with E-state index in [1.54, 1.807) is 60.7 Å². The van der Waals surface area contributed by atoms with Crippen LogP contribution in [0, 0.1) is 0 Å². The lowest BCUT2D eigenvalue weighted by Crippen LogP contribution is -2.17. The van der Waals surface area contributed by atoms with E-state index in [9.17, 15) is 9.59 Å². The van der Waals surface area contributed by atoms with Gasteiger partial charge in [-0.15, -0.1) is 11.3 Å². The Bertz CT molecular complexity index is 1400. The summed E-state index contributed by atoms with van der Waals surface area (Å²) in [5.41, 5.74) is 3.92. The lowest BCUT2D eigenvalue weighted by molar-refractivity contribution is 0.0954. The zero-order valence-electron chi connectivity index (χ0n) is 16.5. The number of benzene rings is 3. The Hall–Kier alpha value is -2.61. The van der Waals surface area contributed by atoms with Crippen LogP contribution in [0.1, 0.15) is 25.6 Å². The largest absolute Gasteiger partial charge is 0.321 e. The van der Waals surface area contributed by atoms with Gasteiger partial charge in [0.25, 0.3) is 11.8 Å². The molecule has 4 rings (SSSR count). The molecule has 0 aliphatic carbocycles. The second kappa shape index (κ2) is 10.1. The maximum atomic E-state index is 12.7. The zero-order chi connectivity index (χ0) is 23.5. The van der Waals surface area contributed by atoms with E-state index in [4.69, 9.17) is 46.4 Å². The lowest BCUT2D eigenvalue weighted by Gasteiger charge is -2.05. The molecule has 0 fully saturated rings. The van der Waals surface area contributed by atoms with Gasteiger partial charge in [-0.1, -0.05) is 58.5 Å². The molecule has 3 aromatic carbocycles. The number of carbonyl (C=O) groups is 2. The normalized spacial score (nSPS) is 11.2. The summed E-state index contributed by atoms with van der Waals surface area (Å²) >= 11 is 25.6.